The zero-order chi connectivity index (χ0) is 18.7. The Morgan fingerprint density at radius 2 is 1.92 bits per heavy atom. The van der Waals surface area contributed by atoms with Crippen molar-refractivity contribution in [3.8, 4) is 0 Å². The number of para-hydroxylation sites is 1. The number of nitrogens with one attached hydrogen (secondary N) is 1. The Labute approximate surface area is 155 Å². The molecular weight excluding hydrogens is 376 g/mol. The molecule has 0 radical (unpaired) electrons. The molecule has 134 valence electrons. The number of anilines is 1. The van der Waals surface area contributed by atoms with Crippen LogP contribution in [-0.4, -0.2) is 25.6 Å². The van der Waals surface area contributed by atoms with Gasteiger partial charge in [0.2, 0.25) is 10.0 Å². The summed E-state index contributed by atoms with van der Waals surface area (Å²) in [6, 6.07) is 15.4. The van der Waals surface area contributed by atoms with E-state index >= 15 is 0 Å². The number of carbonyl (C=O) groups is 1. The molecule has 6 nitrogen and oxygen atoms in total. The van der Waals surface area contributed by atoms with Crippen molar-refractivity contribution in [2.75, 3.05) is 11.0 Å². The maximum absolute atomic E-state index is 12.2. The smallest absolute Gasteiger partial charge is 0.338 e. The molecule has 1 N–H and O–H groups in total. The van der Waals surface area contributed by atoms with Gasteiger partial charge in [0.05, 0.1) is 17.3 Å². The molecule has 0 aliphatic rings. The van der Waals surface area contributed by atoms with E-state index in [1.807, 2.05) is 30.3 Å². The number of rotatable bonds is 5. The Morgan fingerprint density at radius 3 is 2.69 bits per heavy atom. The topological polar surface area (TPSA) is 85.4 Å². The normalized spacial score (nSPS) is 11.3. The molecule has 0 saturated heterocycles. The first kappa shape index (κ1) is 18.2. The van der Waals surface area contributed by atoms with E-state index in [2.05, 4.69) is 9.71 Å². The van der Waals surface area contributed by atoms with Crippen LogP contribution in [0.4, 0.5) is 5.69 Å². The maximum Gasteiger partial charge on any atom is 0.338 e. The van der Waals surface area contributed by atoms with E-state index in [1.54, 1.807) is 12.1 Å². The molecular formula is C18H15ClN2O4S. The number of ether oxygens (including phenoxy) is 1. The van der Waals surface area contributed by atoms with Crippen molar-refractivity contribution in [3.63, 3.8) is 0 Å². The minimum atomic E-state index is -3.43. The molecule has 0 atom stereocenters. The summed E-state index contributed by atoms with van der Waals surface area (Å²) in [5.41, 5.74) is 1.85. The minimum absolute atomic E-state index is 0.0424. The predicted octanol–water partition coefficient (Wildman–Crippen LogP) is 3.62. The number of benzene rings is 2. The number of hydrogen-bond acceptors (Lipinski definition) is 5. The number of fused-ring (bicyclic) bond motifs is 1. The van der Waals surface area contributed by atoms with Crippen molar-refractivity contribution in [2.45, 2.75) is 6.61 Å². The SMILES string of the molecule is CS(=O)(=O)Nc1cccc(C(=O)OCc2cc3ccccc3nc2Cl)c1. The van der Waals surface area contributed by atoms with Gasteiger partial charge in [-0.1, -0.05) is 35.9 Å². The van der Waals surface area contributed by atoms with Gasteiger partial charge in [-0.25, -0.2) is 18.2 Å². The fourth-order valence-electron chi connectivity index (χ4n) is 2.39. The van der Waals surface area contributed by atoms with Gasteiger partial charge >= 0.3 is 5.97 Å². The summed E-state index contributed by atoms with van der Waals surface area (Å²) < 4.78 is 30.2. The summed E-state index contributed by atoms with van der Waals surface area (Å²) in [7, 11) is -3.43. The molecule has 0 aliphatic carbocycles. The van der Waals surface area contributed by atoms with Crippen molar-refractivity contribution in [3.05, 3.63) is 70.9 Å². The lowest BCUT2D eigenvalue weighted by Gasteiger charge is -2.09. The van der Waals surface area contributed by atoms with Crippen LogP contribution in [0.2, 0.25) is 5.15 Å². The monoisotopic (exact) mass is 390 g/mol. The number of hydrogen-bond donors (Lipinski definition) is 1. The van der Waals surface area contributed by atoms with Gasteiger partial charge < -0.3 is 4.74 Å². The Balaban J connectivity index is 1.75. The Kier molecular flexibility index (Phi) is 5.11. The first-order chi connectivity index (χ1) is 12.3. The van der Waals surface area contributed by atoms with Crippen LogP contribution in [0.1, 0.15) is 15.9 Å². The van der Waals surface area contributed by atoms with Crippen LogP contribution in [-0.2, 0) is 21.4 Å². The van der Waals surface area contributed by atoms with Gasteiger partial charge in [0, 0.05) is 16.6 Å². The molecule has 0 fully saturated rings. The molecule has 3 aromatic rings. The van der Waals surface area contributed by atoms with E-state index in [4.69, 9.17) is 16.3 Å². The number of carbonyl (C=O) groups excluding carboxylic acids is 1. The van der Waals surface area contributed by atoms with E-state index in [0.29, 0.717) is 5.56 Å². The number of halogens is 1. The zero-order valence-electron chi connectivity index (χ0n) is 13.8. The number of pyridine rings is 1. The van der Waals surface area contributed by atoms with E-state index < -0.39 is 16.0 Å². The standard InChI is InChI=1S/C18H15ClN2O4S/c1-26(23,24)21-15-7-4-6-13(10-15)18(22)25-11-14-9-12-5-2-3-8-16(12)20-17(14)19/h2-10,21H,11H2,1H3. The molecule has 0 aliphatic heterocycles. The van der Waals surface area contributed by atoms with Crippen LogP contribution in [0.5, 0.6) is 0 Å². The maximum atomic E-state index is 12.2. The molecule has 0 saturated carbocycles. The lowest BCUT2D eigenvalue weighted by molar-refractivity contribution is 0.0472. The summed E-state index contributed by atoms with van der Waals surface area (Å²) in [6.07, 6.45) is 1.03. The summed E-state index contributed by atoms with van der Waals surface area (Å²) in [6.45, 7) is -0.0424. The van der Waals surface area contributed by atoms with Crippen LogP contribution in [0.15, 0.2) is 54.6 Å². The molecule has 1 aromatic heterocycles. The summed E-state index contributed by atoms with van der Waals surface area (Å²) in [4.78, 5) is 16.5. The van der Waals surface area contributed by atoms with E-state index in [9.17, 15) is 13.2 Å². The van der Waals surface area contributed by atoms with Crippen molar-refractivity contribution in [2.24, 2.45) is 0 Å². The minimum Gasteiger partial charge on any atom is -0.457 e. The molecule has 0 unspecified atom stereocenters. The first-order valence-electron chi connectivity index (χ1n) is 7.61. The van der Waals surface area contributed by atoms with Crippen molar-refractivity contribution >= 4 is 44.2 Å². The third-order valence-electron chi connectivity index (χ3n) is 3.51. The highest BCUT2D eigenvalue weighted by atomic mass is 35.5. The Hall–Kier alpha value is -2.64. The van der Waals surface area contributed by atoms with Crippen molar-refractivity contribution < 1.29 is 17.9 Å². The number of sulfonamides is 1. The number of aromatic nitrogens is 1. The molecule has 1 heterocycles. The predicted molar refractivity (Wildman–Crippen MR) is 101 cm³/mol. The van der Waals surface area contributed by atoms with Gasteiger partial charge in [0.25, 0.3) is 0 Å². The summed E-state index contributed by atoms with van der Waals surface area (Å²) in [5.74, 6) is -0.591. The van der Waals surface area contributed by atoms with Gasteiger partial charge in [0.1, 0.15) is 11.8 Å². The second kappa shape index (κ2) is 7.31. The first-order valence-corrected chi connectivity index (χ1v) is 9.88. The van der Waals surface area contributed by atoms with Crippen molar-refractivity contribution in [1.29, 1.82) is 0 Å². The fourth-order valence-corrected chi connectivity index (χ4v) is 3.14. The second-order valence-electron chi connectivity index (χ2n) is 5.66. The molecule has 3 rings (SSSR count). The van der Waals surface area contributed by atoms with Crippen LogP contribution in [0, 0.1) is 0 Å². The van der Waals surface area contributed by atoms with E-state index in [0.717, 1.165) is 17.2 Å². The summed E-state index contributed by atoms with van der Waals surface area (Å²) >= 11 is 6.15. The third kappa shape index (κ3) is 4.50. The molecule has 8 heteroatoms. The van der Waals surface area contributed by atoms with Gasteiger partial charge in [-0.3, -0.25) is 4.72 Å². The number of nitrogens with zero attached hydrogens (tertiary/aromatic N) is 1. The average Bonchev–Trinajstić information content (AvgIpc) is 2.58. The Bertz CT molecular complexity index is 1080. The molecule has 26 heavy (non-hydrogen) atoms. The number of esters is 1. The van der Waals surface area contributed by atoms with Gasteiger partial charge in [-0.2, -0.15) is 0 Å². The van der Waals surface area contributed by atoms with Crippen LogP contribution < -0.4 is 4.72 Å². The average molecular weight is 391 g/mol. The third-order valence-corrected chi connectivity index (χ3v) is 4.44. The van der Waals surface area contributed by atoms with Gasteiger partial charge in [0.15, 0.2) is 0 Å². The molecule has 0 amide bonds. The summed E-state index contributed by atoms with van der Waals surface area (Å²) in [5, 5.41) is 1.16. The molecule has 2 aromatic carbocycles. The largest absolute Gasteiger partial charge is 0.457 e. The second-order valence-corrected chi connectivity index (χ2v) is 7.77. The lowest BCUT2D eigenvalue weighted by Crippen LogP contribution is -2.11. The van der Waals surface area contributed by atoms with Crippen LogP contribution in [0.3, 0.4) is 0 Å². The highest BCUT2D eigenvalue weighted by Crippen LogP contribution is 2.22. The van der Waals surface area contributed by atoms with Crippen LogP contribution >= 0.6 is 11.6 Å². The lowest BCUT2D eigenvalue weighted by atomic mass is 10.1. The fraction of sp³-hybridized carbons (Fsp3) is 0.111. The highest BCUT2D eigenvalue weighted by molar-refractivity contribution is 7.92. The van der Waals surface area contributed by atoms with E-state index in [-0.39, 0.29) is 23.0 Å². The van der Waals surface area contributed by atoms with Gasteiger partial charge in [-0.15, -0.1) is 0 Å². The highest BCUT2D eigenvalue weighted by Gasteiger charge is 2.12. The molecule has 0 spiro atoms. The Morgan fingerprint density at radius 1 is 1.15 bits per heavy atom. The van der Waals surface area contributed by atoms with Crippen molar-refractivity contribution in [1.82, 2.24) is 4.98 Å². The van der Waals surface area contributed by atoms with Gasteiger partial charge in [-0.05, 0) is 30.3 Å². The zero-order valence-corrected chi connectivity index (χ0v) is 15.3. The quantitative estimate of drug-likeness (QED) is 0.531. The molecule has 0 bridgehead atoms. The van der Waals surface area contributed by atoms with E-state index in [1.165, 1.54) is 12.1 Å². The van der Waals surface area contributed by atoms with Crippen LogP contribution in [0.25, 0.3) is 10.9 Å².